The maximum absolute atomic E-state index is 12.3. The third-order valence-electron chi connectivity index (χ3n) is 4.21. The molecule has 3 aromatic rings. The molecular weight excluding hydrogens is 368 g/mol. The Morgan fingerprint density at radius 3 is 2.77 bits per heavy atom. The van der Waals surface area contributed by atoms with Crippen molar-refractivity contribution >= 4 is 45.0 Å². The van der Waals surface area contributed by atoms with Gasteiger partial charge in [0.05, 0.1) is 24.4 Å². The summed E-state index contributed by atoms with van der Waals surface area (Å²) in [6, 6.07) is 10.1. The molecule has 1 aliphatic heterocycles. The number of hydrogen-bond acceptors (Lipinski definition) is 7. The fraction of sp³-hybridized carbons (Fsp3) is 0.278. The number of nitrogen functional groups attached to an aromatic ring is 1. The van der Waals surface area contributed by atoms with Crippen LogP contribution >= 0.6 is 23.1 Å². The number of hydrogen-bond donors (Lipinski definition) is 1. The molecule has 2 aromatic heterocycles. The molecule has 1 saturated heterocycles. The Balaban J connectivity index is 1.53. The normalized spacial score (nSPS) is 14.7. The van der Waals surface area contributed by atoms with Gasteiger partial charge in [-0.3, -0.25) is 4.79 Å². The van der Waals surface area contributed by atoms with E-state index in [0.29, 0.717) is 43.0 Å². The molecule has 0 atom stereocenters. The summed E-state index contributed by atoms with van der Waals surface area (Å²) in [6.45, 7) is 2.49. The van der Waals surface area contributed by atoms with Crippen LogP contribution in [0.1, 0.15) is 0 Å². The smallest absolute Gasteiger partial charge is 0.233 e. The van der Waals surface area contributed by atoms with Crippen molar-refractivity contribution in [1.82, 2.24) is 14.9 Å². The first-order chi connectivity index (χ1) is 12.7. The van der Waals surface area contributed by atoms with Crippen LogP contribution in [0.3, 0.4) is 0 Å². The average Bonchev–Trinajstić information content (AvgIpc) is 3.12. The van der Waals surface area contributed by atoms with Gasteiger partial charge in [-0.1, -0.05) is 42.1 Å². The highest BCUT2D eigenvalue weighted by Gasteiger charge is 2.18. The number of benzene rings is 1. The summed E-state index contributed by atoms with van der Waals surface area (Å²) in [7, 11) is 0. The molecule has 4 rings (SSSR count). The summed E-state index contributed by atoms with van der Waals surface area (Å²) in [4.78, 5) is 23.9. The molecule has 0 bridgehead atoms. The van der Waals surface area contributed by atoms with Crippen molar-refractivity contribution in [2.75, 3.05) is 37.8 Å². The summed E-state index contributed by atoms with van der Waals surface area (Å²) in [6.07, 6.45) is 0. The van der Waals surface area contributed by atoms with Gasteiger partial charge in [0.25, 0.3) is 0 Å². The monoisotopic (exact) mass is 386 g/mol. The second-order valence-electron chi connectivity index (χ2n) is 5.87. The molecule has 0 radical (unpaired) electrons. The number of ether oxygens (including phenoxy) is 1. The van der Waals surface area contributed by atoms with Crippen LogP contribution in [0.25, 0.3) is 21.3 Å². The van der Waals surface area contributed by atoms with E-state index in [9.17, 15) is 4.79 Å². The lowest BCUT2D eigenvalue weighted by atomic mass is 10.1. The Bertz CT molecular complexity index is 924. The lowest BCUT2D eigenvalue weighted by Gasteiger charge is -2.26. The van der Waals surface area contributed by atoms with E-state index in [1.165, 1.54) is 11.8 Å². The third kappa shape index (κ3) is 3.53. The summed E-state index contributed by atoms with van der Waals surface area (Å²) >= 11 is 2.87. The lowest BCUT2D eigenvalue weighted by molar-refractivity contribution is -0.132. The van der Waals surface area contributed by atoms with E-state index in [4.69, 9.17) is 10.5 Å². The van der Waals surface area contributed by atoms with Gasteiger partial charge in [-0.2, -0.15) is 0 Å². The van der Waals surface area contributed by atoms with E-state index in [-0.39, 0.29) is 5.91 Å². The maximum Gasteiger partial charge on any atom is 0.233 e. The van der Waals surface area contributed by atoms with Gasteiger partial charge in [-0.15, -0.1) is 11.3 Å². The van der Waals surface area contributed by atoms with Gasteiger partial charge >= 0.3 is 0 Å². The number of anilines is 1. The first kappa shape index (κ1) is 17.3. The number of carbonyl (C=O) groups is 1. The summed E-state index contributed by atoms with van der Waals surface area (Å²) in [5, 5.41) is 3.47. The predicted molar refractivity (Wildman–Crippen MR) is 105 cm³/mol. The number of nitrogens with two attached hydrogens (primary N) is 1. The summed E-state index contributed by atoms with van der Waals surface area (Å²) < 4.78 is 5.27. The van der Waals surface area contributed by atoms with Crippen LogP contribution in [-0.4, -0.2) is 52.8 Å². The van der Waals surface area contributed by atoms with Crippen LogP contribution in [0, 0.1) is 0 Å². The number of thiophene rings is 1. The molecule has 8 heteroatoms. The largest absolute Gasteiger partial charge is 0.383 e. The van der Waals surface area contributed by atoms with E-state index >= 15 is 0 Å². The number of nitrogens with zero attached hydrogens (tertiary/aromatic N) is 3. The van der Waals surface area contributed by atoms with Gasteiger partial charge in [-0.05, 0) is 5.56 Å². The Hall–Kier alpha value is -2.16. The molecule has 134 valence electrons. The average molecular weight is 387 g/mol. The standard InChI is InChI=1S/C18H18N4O2S2/c19-16-15-13(12-4-2-1-3-5-12)10-25-17(15)21-18(20-16)26-11-14(23)22-6-8-24-9-7-22/h1-5,10H,6-9,11H2,(H2,19,20,21). The molecular formula is C18H18N4O2S2. The highest BCUT2D eigenvalue weighted by Crippen LogP contribution is 2.36. The highest BCUT2D eigenvalue weighted by molar-refractivity contribution is 7.99. The molecule has 6 nitrogen and oxygen atoms in total. The second-order valence-corrected chi connectivity index (χ2v) is 7.67. The summed E-state index contributed by atoms with van der Waals surface area (Å²) in [5.41, 5.74) is 8.36. The Labute approximate surface area is 159 Å². The minimum Gasteiger partial charge on any atom is -0.383 e. The quantitative estimate of drug-likeness (QED) is 0.548. The first-order valence-corrected chi connectivity index (χ1v) is 10.2. The lowest BCUT2D eigenvalue weighted by Crippen LogP contribution is -2.41. The Morgan fingerprint density at radius 1 is 1.23 bits per heavy atom. The van der Waals surface area contributed by atoms with E-state index in [1.807, 2.05) is 35.2 Å². The van der Waals surface area contributed by atoms with Gasteiger partial charge in [0.2, 0.25) is 5.91 Å². The van der Waals surface area contributed by atoms with Crippen LogP contribution in [0.5, 0.6) is 0 Å². The number of carbonyl (C=O) groups excluding carboxylic acids is 1. The Morgan fingerprint density at radius 2 is 2.00 bits per heavy atom. The number of morpholine rings is 1. The zero-order valence-electron chi connectivity index (χ0n) is 14.1. The number of rotatable bonds is 4. The predicted octanol–water partition coefficient (Wildman–Crippen LogP) is 2.89. The van der Waals surface area contributed by atoms with E-state index in [0.717, 1.165) is 21.3 Å². The van der Waals surface area contributed by atoms with Gasteiger partial charge < -0.3 is 15.4 Å². The molecule has 0 saturated carbocycles. The SMILES string of the molecule is Nc1nc(SCC(=O)N2CCOCC2)nc2scc(-c3ccccc3)c12. The minimum atomic E-state index is 0.0803. The molecule has 1 aliphatic rings. The van der Waals surface area contributed by atoms with Crippen molar-refractivity contribution in [1.29, 1.82) is 0 Å². The molecule has 26 heavy (non-hydrogen) atoms. The minimum absolute atomic E-state index is 0.0803. The molecule has 0 spiro atoms. The van der Waals surface area contributed by atoms with Crippen molar-refractivity contribution in [2.24, 2.45) is 0 Å². The van der Waals surface area contributed by atoms with Gasteiger partial charge in [0.1, 0.15) is 10.6 Å². The van der Waals surface area contributed by atoms with Crippen LogP contribution in [0.2, 0.25) is 0 Å². The van der Waals surface area contributed by atoms with Crippen LogP contribution in [0.4, 0.5) is 5.82 Å². The third-order valence-corrected chi connectivity index (χ3v) is 5.92. The second kappa shape index (κ2) is 7.61. The topological polar surface area (TPSA) is 81.3 Å². The van der Waals surface area contributed by atoms with Crippen molar-refractivity contribution in [3.8, 4) is 11.1 Å². The number of amides is 1. The molecule has 1 amide bonds. The number of aromatic nitrogens is 2. The zero-order valence-corrected chi connectivity index (χ0v) is 15.7. The van der Waals surface area contributed by atoms with Crippen LogP contribution in [0.15, 0.2) is 40.9 Å². The zero-order chi connectivity index (χ0) is 17.9. The van der Waals surface area contributed by atoms with Crippen LogP contribution < -0.4 is 5.73 Å². The first-order valence-electron chi connectivity index (χ1n) is 8.31. The van der Waals surface area contributed by atoms with E-state index in [1.54, 1.807) is 11.3 Å². The van der Waals surface area contributed by atoms with Crippen molar-refractivity contribution in [3.05, 3.63) is 35.7 Å². The number of thioether (sulfide) groups is 1. The molecule has 2 N–H and O–H groups in total. The molecule has 0 unspecified atom stereocenters. The molecule has 1 aromatic carbocycles. The van der Waals surface area contributed by atoms with Gasteiger partial charge in [0.15, 0.2) is 5.16 Å². The van der Waals surface area contributed by atoms with Crippen molar-refractivity contribution < 1.29 is 9.53 Å². The van der Waals surface area contributed by atoms with E-state index < -0.39 is 0 Å². The maximum atomic E-state index is 12.3. The van der Waals surface area contributed by atoms with Crippen molar-refractivity contribution in [2.45, 2.75) is 5.16 Å². The number of fused-ring (bicyclic) bond motifs is 1. The Kier molecular flexibility index (Phi) is 5.05. The van der Waals surface area contributed by atoms with Gasteiger partial charge in [-0.25, -0.2) is 9.97 Å². The highest BCUT2D eigenvalue weighted by atomic mass is 32.2. The summed E-state index contributed by atoms with van der Waals surface area (Å²) in [5.74, 6) is 0.843. The molecule has 1 fully saturated rings. The van der Waals surface area contributed by atoms with Crippen LogP contribution in [-0.2, 0) is 9.53 Å². The van der Waals surface area contributed by atoms with Gasteiger partial charge in [0, 0.05) is 24.0 Å². The van der Waals surface area contributed by atoms with E-state index in [2.05, 4.69) is 15.3 Å². The fourth-order valence-corrected chi connectivity index (χ4v) is 4.64. The van der Waals surface area contributed by atoms with Crippen molar-refractivity contribution in [3.63, 3.8) is 0 Å². The molecule has 3 heterocycles. The molecule has 0 aliphatic carbocycles. The fourth-order valence-electron chi connectivity index (χ4n) is 2.87.